The van der Waals surface area contributed by atoms with Gasteiger partial charge in [0.1, 0.15) is 24.6 Å². The van der Waals surface area contributed by atoms with Gasteiger partial charge in [-0.15, -0.1) is 0 Å². The topological polar surface area (TPSA) is 92.1 Å². The molecule has 3 amide bonds. The number of nitrogens with one attached hydrogen (secondary N) is 1. The summed E-state index contributed by atoms with van der Waals surface area (Å²) in [5.41, 5.74) is 2.99. The second-order valence-electron chi connectivity index (χ2n) is 9.46. The third kappa shape index (κ3) is 6.35. The molecule has 8 heteroatoms. The van der Waals surface area contributed by atoms with Crippen LogP contribution in [0.3, 0.4) is 0 Å². The summed E-state index contributed by atoms with van der Waals surface area (Å²) in [5.74, 6) is 0.180. The number of carbonyl (C=O) groups excluding carboxylic acids is 3. The molecular weight excluding hydrogens is 494 g/mol. The summed E-state index contributed by atoms with van der Waals surface area (Å²) < 4.78 is 11.0. The van der Waals surface area contributed by atoms with Gasteiger partial charge in [-0.3, -0.25) is 14.4 Å². The summed E-state index contributed by atoms with van der Waals surface area (Å²) >= 11 is 0. The third-order valence-electron chi connectivity index (χ3n) is 6.77. The average molecular weight is 524 g/mol. The quantitative estimate of drug-likeness (QED) is 0.341. The molecule has 4 aromatic rings. The van der Waals surface area contributed by atoms with E-state index in [-0.39, 0.29) is 30.8 Å². The van der Waals surface area contributed by atoms with Gasteiger partial charge < -0.3 is 24.3 Å². The van der Waals surface area contributed by atoms with Crippen LogP contribution in [0.1, 0.15) is 21.7 Å². The zero-order valence-corrected chi connectivity index (χ0v) is 21.6. The molecule has 39 heavy (non-hydrogen) atoms. The maximum atomic E-state index is 13.2. The van der Waals surface area contributed by atoms with E-state index in [9.17, 15) is 14.4 Å². The maximum absolute atomic E-state index is 13.2. The fourth-order valence-electron chi connectivity index (χ4n) is 4.65. The predicted octanol–water partition coefficient (Wildman–Crippen LogP) is 4.78. The number of para-hydroxylation sites is 1. The van der Waals surface area contributed by atoms with Crippen LogP contribution in [0.5, 0.6) is 11.5 Å². The van der Waals surface area contributed by atoms with E-state index in [1.165, 1.54) is 28.4 Å². The van der Waals surface area contributed by atoms with Crippen LogP contribution in [0.4, 0.5) is 5.69 Å². The summed E-state index contributed by atoms with van der Waals surface area (Å²) in [6.45, 7) is -0.563. The summed E-state index contributed by atoms with van der Waals surface area (Å²) in [6.07, 6.45) is 2.90. The van der Waals surface area contributed by atoms with Crippen LogP contribution < -0.4 is 10.1 Å². The van der Waals surface area contributed by atoms with Crippen molar-refractivity contribution in [3.8, 4) is 11.5 Å². The van der Waals surface area contributed by atoms with Gasteiger partial charge in [-0.1, -0.05) is 42.5 Å². The highest BCUT2D eigenvalue weighted by Gasteiger charge is 2.30. The summed E-state index contributed by atoms with van der Waals surface area (Å²) in [5, 5.41) is 2.79. The molecule has 0 saturated carbocycles. The Morgan fingerprint density at radius 3 is 2.10 bits per heavy atom. The SMILES string of the molecule is CN(C(=O)CN(CC(=O)Nc1ccc(Oc2ccccc2)cc1)C(=O)c1ccco1)C1Cc2ccccc2C1. The molecule has 1 aliphatic rings. The minimum absolute atomic E-state index is 0.000843. The van der Waals surface area contributed by atoms with Crippen molar-refractivity contribution >= 4 is 23.4 Å². The number of amides is 3. The van der Waals surface area contributed by atoms with E-state index < -0.39 is 11.8 Å². The molecule has 0 atom stereocenters. The highest BCUT2D eigenvalue weighted by Crippen LogP contribution is 2.25. The molecule has 1 aromatic heterocycles. The van der Waals surface area contributed by atoms with Crippen molar-refractivity contribution < 1.29 is 23.5 Å². The minimum atomic E-state index is -0.529. The third-order valence-corrected chi connectivity index (χ3v) is 6.77. The lowest BCUT2D eigenvalue weighted by Crippen LogP contribution is -2.47. The number of ether oxygens (including phenoxy) is 1. The first-order valence-electron chi connectivity index (χ1n) is 12.7. The van der Waals surface area contributed by atoms with Crippen LogP contribution in [-0.2, 0) is 22.4 Å². The molecule has 0 saturated heterocycles. The number of nitrogens with zero attached hydrogens (tertiary/aromatic N) is 2. The van der Waals surface area contributed by atoms with Crippen molar-refractivity contribution in [3.63, 3.8) is 0 Å². The van der Waals surface area contributed by atoms with Crippen LogP contribution >= 0.6 is 0 Å². The van der Waals surface area contributed by atoms with Gasteiger partial charge in [0.05, 0.1) is 6.26 Å². The number of hydrogen-bond acceptors (Lipinski definition) is 5. The number of benzene rings is 3. The Labute approximate surface area is 226 Å². The van der Waals surface area contributed by atoms with E-state index in [0.29, 0.717) is 17.2 Å². The van der Waals surface area contributed by atoms with E-state index in [1.54, 1.807) is 42.3 Å². The number of fused-ring (bicyclic) bond motifs is 1. The molecule has 198 valence electrons. The van der Waals surface area contributed by atoms with Gasteiger partial charge in [-0.25, -0.2) is 0 Å². The fraction of sp³-hybridized carbons (Fsp3) is 0.194. The molecule has 1 aliphatic carbocycles. The number of carbonyl (C=O) groups is 3. The Morgan fingerprint density at radius 1 is 0.821 bits per heavy atom. The van der Waals surface area contributed by atoms with Gasteiger partial charge in [0, 0.05) is 18.8 Å². The highest BCUT2D eigenvalue weighted by atomic mass is 16.5. The molecule has 0 bridgehead atoms. The molecule has 3 aromatic carbocycles. The molecule has 0 radical (unpaired) electrons. The Bertz CT molecular complexity index is 1410. The first-order valence-corrected chi connectivity index (χ1v) is 12.7. The molecule has 0 spiro atoms. The average Bonchev–Trinajstić information content (AvgIpc) is 3.64. The van der Waals surface area contributed by atoms with Crippen molar-refractivity contribution in [2.24, 2.45) is 0 Å². The molecule has 8 nitrogen and oxygen atoms in total. The normalized spacial score (nSPS) is 12.4. The van der Waals surface area contributed by atoms with Crippen molar-refractivity contribution in [3.05, 3.63) is 114 Å². The van der Waals surface area contributed by atoms with Crippen molar-refractivity contribution in [2.75, 3.05) is 25.5 Å². The van der Waals surface area contributed by atoms with Gasteiger partial charge in [-0.05, 0) is 72.5 Å². The van der Waals surface area contributed by atoms with E-state index in [2.05, 4.69) is 17.4 Å². The Balaban J connectivity index is 1.22. The number of likely N-dealkylation sites (N-methyl/N-ethyl adjacent to an activating group) is 1. The van der Waals surface area contributed by atoms with Crippen LogP contribution in [0, 0.1) is 0 Å². The van der Waals surface area contributed by atoms with Gasteiger partial charge in [0.25, 0.3) is 5.91 Å². The number of hydrogen-bond donors (Lipinski definition) is 1. The monoisotopic (exact) mass is 523 g/mol. The number of anilines is 1. The first-order chi connectivity index (χ1) is 19.0. The zero-order chi connectivity index (χ0) is 27.2. The first kappa shape index (κ1) is 25.8. The molecule has 1 heterocycles. The Hall–Kier alpha value is -4.85. The van der Waals surface area contributed by atoms with E-state index in [1.807, 2.05) is 42.5 Å². The molecule has 5 rings (SSSR count). The van der Waals surface area contributed by atoms with Crippen LogP contribution in [0.15, 0.2) is 102 Å². The second kappa shape index (κ2) is 11.7. The van der Waals surface area contributed by atoms with E-state index >= 15 is 0 Å². The molecule has 0 unspecified atom stereocenters. The predicted molar refractivity (Wildman–Crippen MR) is 147 cm³/mol. The highest BCUT2D eigenvalue weighted by molar-refractivity contribution is 5.99. The maximum Gasteiger partial charge on any atom is 0.290 e. The Morgan fingerprint density at radius 2 is 1.46 bits per heavy atom. The standard InChI is InChI=1S/C31H29N3O5/c1-33(25-18-22-8-5-6-9-23(22)19-25)30(36)21-34(31(37)28-12-7-17-38-28)20-29(35)32-24-13-15-27(16-14-24)39-26-10-3-2-4-11-26/h2-17,25H,18-21H2,1H3,(H,32,35). The molecular formula is C31H29N3O5. The molecule has 1 N–H and O–H groups in total. The smallest absolute Gasteiger partial charge is 0.290 e. The van der Waals surface area contributed by atoms with Crippen LogP contribution in [-0.4, -0.2) is 53.7 Å². The number of furan rings is 1. The van der Waals surface area contributed by atoms with Crippen LogP contribution in [0.25, 0.3) is 0 Å². The summed E-state index contributed by atoms with van der Waals surface area (Å²) in [7, 11) is 1.74. The zero-order valence-electron chi connectivity index (χ0n) is 21.6. The van der Waals surface area contributed by atoms with Gasteiger partial charge in [0.15, 0.2) is 5.76 Å². The van der Waals surface area contributed by atoms with E-state index in [0.717, 1.165) is 12.8 Å². The lowest BCUT2D eigenvalue weighted by molar-refractivity contribution is -0.132. The second-order valence-corrected chi connectivity index (χ2v) is 9.46. The number of rotatable bonds is 9. The van der Waals surface area contributed by atoms with Gasteiger partial charge in [-0.2, -0.15) is 0 Å². The van der Waals surface area contributed by atoms with E-state index in [4.69, 9.17) is 9.15 Å². The minimum Gasteiger partial charge on any atom is -0.459 e. The van der Waals surface area contributed by atoms with Crippen molar-refractivity contribution in [1.29, 1.82) is 0 Å². The summed E-state index contributed by atoms with van der Waals surface area (Å²) in [4.78, 5) is 42.2. The molecule has 0 aliphatic heterocycles. The lowest BCUT2D eigenvalue weighted by Gasteiger charge is -2.28. The van der Waals surface area contributed by atoms with Crippen molar-refractivity contribution in [2.45, 2.75) is 18.9 Å². The Kier molecular flexibility index (Phi) is 7.73. The van der Waals surface area contributed by atoms with Crippen molar-refractivity contribution in [1.82, 2.24) is 9.80 Å². The largest absolute Gasteiger partial charge is 0.459 e. The lowest BCUT2D eigenvalue weighted by atomic mass is 10.1. The van der Waals surface area contributed by atoms with Crippen LogP contribution in [0.2, 0.25) is 0 Å². The molecule has 0 fully saturated rings. The van der Waals surface area contributed by atoms with Gasteiger partial charge >= 0.3 is 0 Å². The van der Waals surface area contributed by atoms with Gasteiger partial charge in [0.2, 0.25) is 11.8 Å². The summed E-state index contributed by atoms with van der Waals surface area (Å²) in [6, 6.07) is 27.5. The fourth-order valence-corrected chi connectivity index (χ4v) is 4.65.